The molecular formula is C26H18N2O4S2. The van der Waals surface area contributed by atoms with Gasteiger partial charge in [-0.05, 0) is 84.9 Å². The van der Waals surface area contributed by atoms with Crippen LogP contribution in [-0.2, 0) is 0 Å². The Kier molecular flexibility index (Phi) is 5.91. The van der Waals surface area contributed by atoms with E-state index in [4.69, 9.17) is 20.9 Å². The number of hydrogen-bond acceptors (Lipinski definition) is 8. The van der Waals surface area contributed by atoms with Crippen LogP contribution in [0.1, 0.15) is 20.7 Å². The number of carbonyl (C=O) groups is 2. The Labute approximate surface area is 204 Å². The Morgan fingerprint density at radius 2 is 0.912 bits per heavy atom. The third-order valence-corrected chi connectivity index (χ3v) is 7.51. The first-order valence-corrected chi connectivity index (χ1v) is 11.9. The van der Waals surface area contributed by atoms with E-state index >= 15 is 0 Å². The monoisotopic (exact) mass is 486 g/mol. The van der Waals surface area contributed by atoms with Crippen molar-refractivity contribution >= 4 is 46.8 Å². The molecule has 0 atom stereocenters. The van der Waals surface area contributed by atoms with Gasteiger partial charge in [-0.3, -0.25) is 0 Å². The van der Waals surface area contributed by atoms with E-state index in [1.807, 2.05) is 24.3 Å². The fraction of sp³-hybridized carbons (Fsp3) is 0. The second-order valence-corrected chi connectivity index (χ2v) is 9.61. The molecule has 8 heteroatoms. The summed E-state index contributed by atoms with van der Waals surface area (Å²) in [4.78, 5) is 29.1. The Morgan fingerprint density at radius 1 is 0.529 bits per heavy atom. The first kappa shape index (κ1) is 21.9. The number of fused-ring (bicyclic) bond motifs is 2. The van der Waals surface area contributed by atoms with E-state index in [0.29, 0.717) is 34.0 Å². The number of nitrogens with two attached hydrogens (primary N) is 2. The van der Waals surface area contributed by atoms with E-state index < -0.39 is 11.9 Å². The lowest BCUT2D eigenvalue weighted by molar-refractivity contribution is 0.0724. The van der Waals surface area contributed by atoms with Gasteiger partial charge in [0.15, 0.2) is 0 Å². The van der Waals surface area contributed by atoms with Crippen LogP contribution in [0.2, 0.25) is 0 Å². The van der Waals surface area contributed by atoms with Gasteiger partial charge in [0.05, 0.1) is 11.1 Å². The topological polar surface area (TPSA) is 105 Å². The zero-order chi connectivity index (χ0) is 23.7. The molecule has 5 rings (SSSR count). The zero-order valence-electron chi connectivity index (χ0n) is 17.7. The Bertz CT molecular complexity index is 1290. The van der Waals surface area contributed by atoms with Crippen LogP contribution >= 0.6 is 23.5 Å². The van der Waals surface area contributed by atoms with E-state index in [2.05, 4.69) is 0 Å². The van der Waals surface area contributed by atoms with Crippen LogP contribution in [0.25, 0.3) is 0 Å². The lowest BCUT2D eigenvalue weighted by atomic mass is 10.2. The van der Waals surface area contributed by atoms with Crippen molar-refractivity contribution in [2.45, 2.75) is 19.6 Å². The van der Waals surface area contributed by atoms with Crippen LogP contribution in [0.15, 0.2) is 105 Å². The molecule has 0 aromatic heterocycles. The number of benzene rings is 4. The van der Waals surface area contributed by atoms with E-state index in [1.54, 1.807) is 60.7 Å². The van der Waals surface area contributed by atoms with Crippen LogP contribution in [0.4, 0.5) is 11.4 Å². The normalized spacial score (nSPS) is 11.8. The largest absolute Gasteiger partial charge is 0.423 e. The van der Waals surface area contributed by atoms with Gasteiger partial charge < -0.3 is 20.9 Å². The molecule has 4 aromatic rings. The SMILES string of the molecule is Nc1ccc(OC(=O)c2ccc3c(c2)Sc2ccc(C(=O)Oc4ccc(N)cc4)cc2S3)cc1. The predicted molar refractivity (Wildman–Crippen MR) is 133 cm³/mol. The third-order valence-electron chi connectivity index (χ3n) is 4.98. The molecule has 0 spiro atoms. The third kappa shape index (κ3) is 4.73. The van der Waals surface area contributed by atoms with Crippen molar-refractivity contribution in [3.8, 4) is 11.5 Å². The Morgan fingerprint density at radius 3 is 1.29 bits per heavy atom. The molecule has 1 aliphatic rings. The van der Waals surface area contributed by atoms with Crippen molar-refractivity contribution < 1.29 is 19.1 Å². The number of ether oxygens (including phenoxy) is 2. The van der Waals surface area contributed by atoms with E-state index in [9.17, 15) is 9.59 Å². The molecule has 168 valence electrons. The molecule has 0 aliphatic carbocycles. The highest BCUT2D eigenvalue weighted by Crippen LogP contribution is 2.49. The number of nitrogen functional groups attached to an aromatic ring is 2. The molecule has 0 fully saturated rings. The first-order valence-electron chi connectivity index (χ1n) is 10.2. The summed E-state index contributed by atoms with van der Waals surface area (Å²) in [6, 6.07) is 24.2. The molecule has 0 saturated heterocycles. The van der Waals surface area contributed by atoms with Gasteiger partial charge in [-0.25, -0.2) is 9.59 Å². The summed E-state index contributed by atoms with van der Waals surface area (Å²) in [7, 11) is 0. The summed E-state index contributed by atoms with van der Waals surface area (Å²) in [6.45, 7) is 0. The zero-order valence-corrected chi connectivity index (χ0v) is 19.3. The van der Waals surface area contributed by atoms with Gasteiger partial charge in [-0.15, -0.1) is 0 Å². The molecule has 4 aromatic carbocycles. The molecule has 1 heterocycles. The van der Waals surface area contributed by atoms with Crippen LogP contribution in [0.3, 0.4) is 0 Å². The van der Waals surface area contributed by atoms with Gasteiger partial charge in [-0.2, -0.15) is 0 Å². The minimum atomic E-state index is -0.440. The fourth-order valence-electron chi connectivity index (χ4n) is 3.24. The summed E-state index contributed by atoms with van der Waals surface area (Å²) in [5, 5.41) is 0. The second kappa shape index (κ2) is 9.17. The van der Waals surface area contributed by atoms with Gasteiger partial charge in [0.25, 0.3) is 0 Å². The molecular weight excluding hydrogens is 468 g/mol. The molecule has 1 aliphatic heterocycles. The van der Waals surface area contributed by atoms with E-state index in [-0.39, 0.29) is 0 Å². The van der Waals surface area contributed by atoms with E-state index in [0.717, 1.165) is 19.6 Å². The summed E-state index contributed by atoms with van der Waals surface area (Å²) < 4.78 is 10.9. The molecule has 6 nitrogen and oxygen atoms in total. The van der Waals surface area contributed by atoms with Crippen molar-refractivity contribution in [1.82, 2.24) is 0 Å². The molecule has 0 amide bonds. The molecule has 0 saturated carbocycles. The Hall–Kier alpha value is -3.88. The van der Waals surface area contributed by atoms with Gasteiger partial charge in [0, 0.05) is 31.0 Å². The van der Waals surface area contributed by atoms with Gasteiger partial charge in [-0.1, -0.05) is 23.5 Å². The minimum Gasteiger partial charge on any atom is -0.423 e. The number of esters is 2. The average Bonchev–Trinajstić information content (AvgIpc) is 2.84. The molecule has 4 N–H and O–H groups in total. The number of rotatable bonds is 4. The molecule has 0 bridgehead atoms. The highest BCUT2D eigenvalue weighted by Gasteiger charge is 2.21. The first-order chi connectivity index (χ1) is 16.4. The summed E-state index contributed by atoms with van der Waals surface area (Å²) in [5.41, 5.74) is 13.5. The average molecular weight is 487 g/mol. The van der Waals surface area contributed by atoms with Crippen LogP contribution in [-0.4, -0.2) is 11.9 Å². The summed E-state index contributed by atoms with van der Waals surface area (Å²) >= 11 is 3.07. The standard InChI is InChI=1S/C26H18N2O4S2/c27-17-3-7-19(8-4-17)31-25(29)15-1-11-21-23(13-15)34-22-12-2-16(14-24(22)33-21)26(30)32-20-9-5-18(28)6-10-20/h1-14H,27-28H2. The van der Waals surface area contributed by atoms with Crippen molar-refractivity contribution in [3.63, 3.8) is 0 Å². The van der Waals surface area contributed by atoms with Crippen molar-refractivity contribution in [1.29, 1.82) is 0 Å². The maximum atomic E-state index is 12.6. The highest BCUT2D eigenvalue weighted by molar-refractivity contribution is 8.05. The molecule has 34 heavy (non-hydrogen) atoms. The number of carbonyl (C=O) groups excluding carboxylic acids is 2. The maximum absolute atomic E-state index is 12.6. The van der Waals surface area contributed by atoms with Gasteiger partial charge in [0.1, 0.15) is 11.5 Å². The van der Waals surface area contributed by atoms with Crippen LogP contribution in [0.5, 0.6) is 11.5 Å². The minimum absolute atomic E-state index is 0.433. The lowest BCUT2D eigenvalue weighted by Crippen LogP contribution is -2.10. The fourth-order valence-corrected chi connectivity index (χ4v) is 5.51. The number of hydrogen-bond donors (Lipinski definition) is 2. The summed E-state index contributed by atoms with van der Waals surface area (Å²) in [5.74, 6) is -0.0141. The van der Waals surface area contributed by atoms with Crippen LogP contribution < -0.4 is 20.9 Å². The van der Waals surface area contributed by atoms with Crippen LogP contribution in [0, 0.1) is 0 Å². The number of anilines is 2. The highest BCUT2D eigenvalue weighted by atomic mass is 32.2. The van der Waals surface area contributed by atoms with Crippen molar-refractivity contribution in [2.24, 2.45) is 0 Å². The lowest BCUT2D eigenvalue weighted by Gasteiger charge is -2.19. The second-order valence-electron chi connectivity index (χ2n) is 7.44. The smallest absolute Gasteiger partial charge is 0.343 e. The van der Waals surface area contributed by atoms with Crippen molar-refractivity contribution in [2.75, 3.05) is 11.5 Å². The predicted octanol–water partition coefficient (Wildman–Crippen LogP) is 5.91. The molecule has 0 radical (unpaired) electrons. The van der Waals surface area contributed by atoms with E-state index in [1.165, 1.54) is 23.5 Å². The maximum Gasteiger partial charge on any atom is 0.343 e. The van der Waals surface area contributed by atoms with Crippen molar-refractivity contribution in [3.05, 3.63) is 96.1 Å². The molecule has 0 unspecified atom stereocenters. The summed E-state index contributed by atoms with van der Waals surface area (Å²) in [6.07, 6.45) is 0. The van der Waals surface area contributed by atoms with Gasteiger partial charge >= 0.3 is 11.9 Å². The Balaban J connectivity index is 1.31. The quantitative estimate of drug-likeness (QED) is 0.184. The van der Waals surface area contributed by atoms with Gasteiger partial charge in [0.2, 0.25) is 0 Å².